The van der Waals surface area contributed by atoms with E-state index in [1.807, 2.05) is 0 Å². The highest BCUT2D eigenvalue weighted by molar-refractivity contribution is 5.03. The molecule has 1 atom stereocenters. The topological polar surface area (TPSA) is 42.7 Å². The minimum atomic E-state index is 0.477. The predicted molar refractivity (Wildman–Crippen MR) is 73.4 cm³/mol. The lowest BCUT2D eigenvalue weighted by Gasteiger charge is -2.24. The summed E-state index contributed by atoms with van der Waals surface area (Å²) in [5.74, 6) is 1.74. The molecule has 1 unspecified atom stereocenters. The van der Waals surface area contributed by atoms with Crippen molar-refractivity contribution in [3.05, 3.63) is 12.2 Å². The van der Waals surface area contributed by atoms with Crippen molar-refractivity contribution in [2.24, 2.45) is 11.3 Å². The van der Waals surface area contributed by atoms with E-state index in [0.717, 1.165) is 25.3 Å². The predicted octanol–water partition coefficient (Wildman–Crippen LogP) is 2.25. The maximum absolute atomic E-state index is 4.44. The Morgan fingerprint density at radius 3 is 2.72 bits per heavy atom. The number of hydrogen-bond donors (Lipinski definition) is 1. The van der Waals surface area contributed by atoms with Crippen LogP contribution in [0.5, 0.6) is 0 Å². The van der Waals surface area contributed by atoms with E-state index < -0.39 is 0 Å². The monoisotopic (exact) mass is 250 g/mol. The Balaban J connectivity index is 2.04. The SMILES string of the molecule is CCNC(Cc1ncnn1CC(C)C)C1(C)CC1. The second-order valence-corrected chi connectivity index (χ2v) is 6.22. The van der Waals surface area contributed by atoms with E-state index >= 15 is 0 Å². The van der Waals surface area contributed by atoms with E-state index in [4.69, 9.17) is 0 Å². The van der Waals surface area contributed by atoms with E-state index in [0.29, 0.717) is 17.4 Å². The van der Waals surface area contributed by atoms with Gasteiger partial charge in [-0.05, 0) is 30.7 Å². The van der Waals surface area contributed by atoms with Crippen molar-refractivity contribution in [2.45, 2.75) is 59.5 Å². The van der Waals surface area contributed by atoms with Gasteiger partial charge in [0.2, 0.25) is 0 Å². The Labute approximate surface area is 110 Å². The van der Waals surface area contributed by atoms with Crippen LogP contribution in [-0.2, 0) is 13.0 Å². The normalized spacial score (nSPS) is 19.2. The van der Waals surface area contributed by atoms with Crippen molar-refractivity contribution >= 4 is 0 Å². The van der Waals surface area contributed by atoms with Gasteiger partial charge in [0.15, 0.2) is 0 Å². The summed E-state index contributed by atoms with van der Waals surface area (Å²) in [5, 5.41) is 7.97. The van der Waals surface area contributed by atoms with Crippen molar-refractivity contribution in [1.29, 1.82) is 0 Å². The number of likely N-dealkylation sites (N-methyl/N-ethyl adjacent to an activating group) is 1. The van der Waals surface area contributed by atoms with E-state index in [1.165, 1.54) is 12.8 Å². The van der Waals surface area contributed by atoms with Crippen LogP contribution in [0, 0.1) is 11.3 Å². The second kappa shape index (κ2) is 5.39. The third kappa shape index (κ3) is 3.10. The Morgan fingerprint density at radius 1 is 1.44 bits per heavy atom. The fourth-order valence-electron chi connectivity index (χ4n) is 2.48. The number of rotatable bonds is 7. The van der Waals surface area contributed by atoms with Crippen LogP contribution in [0.2, 0.25) is 0 Å². The average Bonchev–Trinajstić information content (AvgIpc) is 2.90. The molecule has 0 bridgehead atoms. The lowest BCUT2D eigenvalue weighted by Crippen LogP contribution is -2.38. The molecule has 102 valence electrons. The van der Waals surface area contributed by atoms with Gasteiger partial charge in [0.25, 0.3) is 0 Å². The zero-order valence-electron chi connectivity index (χ0n) is 12.1. The molecule has 1 N–H and O–H groups in total. The molecule has 4 nitrogen and oxygen atoms in total. The molecule has 1 aromatic rings. The van der Waals surface area contributed by atoms with Gasteiger partial charge >= 0.3 is 0 Å². The standard InChI is InChI=1S/C14H26N4/c1-5-15-12(14(4)6-7-14)8-13-16-10-17-18(13)9-11(2)3/h10-12,15H,5-9H2,1-4H3. The molecule has 0 amide bonds. The summed E-state index contributed by atoms with van der Waals surface area (Å²) in [6, 6.07) is 0.539. The lowest BCUT2D eigenvalue weighted by molar-refractivity contribution is 0.345. The van der Waals surface area contributed by atoms with Gasteiger partial charge in [-0.25, -0.2) is 9.67 Å². The fraction of sp³-hybridized carbons (Fsp3) is 0.857. The first-order valence-electron chi connectivity index (χ1n) is 7.15. The summed E-state index contributed by atoms with van der Waals surface area (Å²) in [7, 11) is 0. The molecule has 1 saturated carbocycles. The number of nitrogens with zero attached hydrogens (tertiary/aromatic N) is 3. The Kier molecular flexibility index (Phi) is 4.05. The van der Waals surface area contributed by atoms with Gasteiger partial charge in [-0.3, -0.25) is 0 Å². The van der Waals surface area contributed by atoms with Gasteiger partial charge in [-0.15, -0.1) is 0 Å². The molecule has 4 heteroatoms. The lowest BCUT2D eigenvalue weighted by atomic mass is 9.95. The minimum Gasteiger partial charge on any atom is -0.313 e. The third-order valence-corrected chi connectivity index (χ3v) is 3.95. The summed E-state index contributed by atoms with van der Waals surface area (Å²) in [6.45, 7) is 11.0. The largest absolute Gasteiger partial charge is 0.313 e. The zero-order chi connectivity index (χ0) is 13.2. The summed E-state index contributed by atoms with van der Waals surface area (Å²) in [5.41, 5.74) is 0.477. The maximum atomic E-state index is 4.44. The first kappa shape index (κ1) is 13.5. The quantitative estimate of drug-likeness (QED) is 0.807. The molecule has 0 spiro atoms. The second-order valence-electron chi connectivity index (χ2n) is 6.22. The summed E-state index contributed by atoms with van der Waals surface area (Å²) < 4.78 is 2.07. The third-order valence-electron chi connectivity index (χ3n) is 3.95. The first-order chi connectivity index (χ1) is 8.55. The van der Waals surface area contributed by atoms with Crippen LogP contribution in [0.4, 0.5) is 0 Å². The van der Waals surface area contributed by atoms with E-state index in [-0.39, 0.29) is 0 Å². The van der Waals surface area contributed by atoms with Gasteiger partial charge in [0, 0.05) is 19.0 Å². The van der Waals surface area contributed by atoms with Gasteiger partial charge < -0.3 is 5.32 Å². The van der Waals surface area contributed by atoms with Crippen molar-refractivity contribution in [2.75, 3.05) is 6.54 Å². The highest BCUT2D eigenvalue weighted by atomic mass is 15.3. The molecular weight excluding hydrogens is 224 g/mol. The maximum Gasteiger partial charge on any atom is 0.138 e. The van der Waals surface area contributed by atoms with E-state index in [1.54, 1.807) is 6.33 Å². The van der Waals surface area contributed by atoms with E-state index in [2.05, 4.69) is 47.8 Å². The molecule has 0 radical (unpaired) electrons. The summed E-state index contributed by atoms with van der Waals surface area (Å²) in [4.78, 5) is 4.44. The van der Waals surface area contributed by atoms with Crippen molar-refractivity contribution in [3.8, 4) is 0 Å². The molecule has 1 fully saturated rings. The summed E-state index contributed by atoms with van der Waals surface area (Å²) >= 11 is 0. The fourth-order valence-corrected chi connectivity index (χ4v) is 2.48. The van der Waals surface area contributed by atoms with Crippen LogP contribution < -0.4 is 5.32 Å². The molecule has 0 aromatic carbocycles. The van der Waals surface area contributed by atoms with Crippen LogP contribution in [0.3, 0.4) is 0 Å². The number of aromatic nitrogens is 3. The van der Waals surface area contributed by atoms with Crippen molar-refractivity contribution in [3.63, 3.8) is 0 Å². The van der Waals surface area contributed by atoms with Crippen LogP contribution in [0.15, 0.2) is 6.33 Å². The van der Waals surface area contributed by atoms with Gasteiger partial charge in [0.1, 0.15) is 12.2 Å². The van der Waals surface area contributed by atoms with Crippen LogP contribution >= 0.6 is 0 Å². The number of hydrogen-bond acceptors (Lipinski definition) is 3. The molecule has 0 aliphatic heterocycles. The van der Waals surface area contributed by atoms with Crippen LogP contribution in [0.25, 0.3) is 0 Å². The first-order valence-corrected chi connectivity index (χ1v) is 7.15. The molecular formula is C14H26N4. The Bertz CT molecular complexity index is 379. The van der Waals surface area contributed by atoms with Gasteiger partial charge in [-0.1, -0.05) is 27.7 Å². The Hall–Kier alpha value is -0.900. The highest BCUT2D eigenvalue weighted by Crippen LogP contribution is 2.48. The molecule has 18 heavy (non-hydrogen) atoms. The molecule has 0 saturated heterocycles. The van der Waals surface area contributed by atoms with Crippen LogP contribution in [-0.4, -0.2) is 27.4 Å². The molecule has 1 aliphatic carbocycles. The summed E-state index contributed by atoms with van der Waals surface area (Å²) in [6.07, 6.45) is 5.36. The highest BCUT2D eigenvalue weighted by Gasteiger charge is 2.44. The molecule has 2 rings (SSSR count). The van der Waals surface area contributed by atoms with E-state index in [9.17, 15) is 0 Å². The van der Waals surface area contributed by atoms with Gasteiger partial charge in [-0.2, -0.15) is 5.10 Å². The van der Waals surface area contributed by atoms with Crippen molar-refractivity contribution in [1.82, 2.24) is 20.1 Å². The molecule has 1 aliphatic rings. The van der Waals surface area contributed by atoms with Gasteiger partial charge in [0.05, 0.1) is 0 Å². The number of nitrogens with one attached hydrogen (secondary N) is 1. The van der Waals surface area contributed by atoms with Crippen LogP contribution in [0.1, 0.15) is 46.4 Å². The average molecular weight is 250 g/mol. The molecule has 1 heterocycles. The Morgan fingerprint density at radius 2 is 2.17 bits per heavy atom. The smallest absolute Gasteiger partial charge is 0.138 e. The minimum absolute atomic E-state index is 0.477. The molecule has 1 aromatic heterocycles. The van der Waals surface area contributed by atoms with Crippen molar-refractivity contribution < 1.29 is 0 Å². The zero-order valence-corrected chi connectivity index (χ0v) is 12.1.